The molecule has 4 rings (SSSR count). The van der Waals surface area contributed by atoms with Crippen LogP contribution in [-0.2, 0) is 6.54 Å². The third-order valence-electron chi connectivity index (χ3n) is 5.47. The Morgan fingerprint density at radius 2 is 1.73 bits per heavy atom. The molecule has 0 aromatic heterocycles. The van der Waals surface area contributed by atoms with Gasteiger partial charge in [0.05, 0.1) is 18.7 Å². The standard InChI is InChI=1S/C27H24N2O/c1-19(24-12-6-9-22-8-3-4-11-25(22)24)29-18-21-13-14-27(30-2)26(16-21)23-10-5-7-20(15-23)17-28/h3-16,19,29H,18H2,1-2H3/t19-/m1/s1. The second-order valence-corrected chi connectivity index (χ2v) is 7.40. The predicted molar refractivity (Wildman–Crippen MR) is 122 cm³/mol. The van der Waals surface area contributed by atoms with Crippen molar-refractivity contribution >= 4 is 10.8 Å². The molecule has 4 aromatic carbocycles. The minimum absolute atomic E-state index is 0.212. The van der Waals surface area contributed by atoms with Crippen molar-refractivity contribution in [2.24, 2.45) is 0 Å². The van der Waals surface area contributed by atoms with Gasteiger partial charge in [-0.3, -0.25) is 0 Å². The van der Waals surface area contributed by atoms with Crippen molar-refractivity contribution in [2.45, 2.75) is 19.5 Å². The van der Waals surface area contributed by atoms with E-state index >= 15 is 0 Å². The SMILES string of the molecule is COc1ccc(CN[C@H](C)c2cccc3ccccc23)cc1-c1cccc(C#N)c1. The van der Waals surface area contributed by atoms with Crippen molar-refractivity contribution in [3.8, 4) is 22.9 Å². The zero-order chi connectivity index (χ0) is 20.9. The molecular weight excluding hydrogens is 368 g/mol. The molecule has 3 nitrogen and oxygen atoms in total. The average molecular weight is 393 g/mol. The summed E-state index contributed by atoms with van der Waals surface area (Å²) in [6, 6.07) is 31.2. The van der Waals surface area contributed by atoms with E-state index in [0.29, 0.717) is 5.56 Å². The van der Waals surface area contributed by atoms with Gasteiger partial charge in [0.1, 0.15) is 5.75 Å². The van der Waals surface area contributed by atoms with Crippen molar-refractivity contribution in [3.63, 3.8) is 0 Å². The summed E-state index contributed by atoms with van der Waals surface area (Å²) < 4.78 is 5.57. The summed E-state index contributed by atoms with van der Waals surface area (Å²) in [4.78, 5) is 0. The van der Waals surface area contributed by atoms with Gasteiger partial charge < -0.3 is 10.1 Å². The molecule has 148 valence electrons. The van der Waals surface area contributed by atoms with Gasteiger partial charge in [-0.2, -0.15) is 5.26 Å². The maximum absolute atomic E-state index is 9.23. The molecule has 0 radical (unpaired) electrons. The van der Waals surface area contributed by atoms with Crippen molar-refractivity contribution in [1.82, 2.24) is 5.32 Å². The molecule has 0 spiro atoms. The largest absolute Gasteiger partial charge is 0.496 e. The van der Waals surface area contributed by atoms with E-state index in [4.69, 9.17) is 4.74 Å². The van der Waals surface area contributed by atoms with Crippen LogP contribution < -0.4 is 10.1 Å². The number of ether oxygens (including phenoxy) is 1. The number of hydrogen-bond acceptors (Lipinski definition) is 3. The monoisotopic (exact) mass is 392 g/mol. The number of nitriles is 1. The molecule has 0 saturated heterocycles. The molecule has 4 aromatic rings. The molecule has 0 aliphatic rings. The summed E-state index contributed by atoms with van der Waals surface area (Å²) in [5, 5.41) is 15.4. The van der Waals surface area contributed by atoms with E-state index in [9.17, 15) is 5.26 Å². The highest BCUT2D eigenvalue weighted by Crippen LogP contribution is 2.32. The van der Waals surface area contributed by atoms with Crippen LogP contribution in [0, 0.1) is 11.3 Å². The summed E-state index contributed by atoms with van der Waals surface area (Å²) in [6.07, 6.45) is 0. The molecule has 0 amide bonds. The van der Waals surface area contributed by atoms with E-state index in [1.54, 1.807) is 7.11 Å². The van der Waals surface area contributed by atoms with Gasteiger partial charge in [-0.25, -0.2) is 0 Å². The summed E-state index contributed by atoms with van der Waals surface area (Å²) in [7, 11) is 1.67. The fourth-order valence-electron chi connectivity index (χ4n) is 3.86. The van der Waals surface area contributed by atoms with Crippen LogP contribution in [0.15, 0.2) is 84.9 Å². The first-order valence-electron chi connectivity index (χ1n) is 10.1. The Bertz CT molecular complexity index is 1220. The highest BCUT2D eigenvalue weighted by molar-refractivity contribution is 5.86. The zero-order valence-electron chi connectivity index (χ0n) is 17.2. The summed E-state index contributed by atoms with van der Waals surface area (Å²) in [5.41, 5.74) is 5.08. The van der Waals surface area contributed by atoms with E-state index in [1.165, 1.54) is 21.9 Å². The minimum atomic E-state index is 0.212. The van der Waals surface area contributed by atoms with Crippen molar-refractivity contribution in [3.05, 3.63) is 102 Å². The first kappa shape index (κ1) is 19.7. The van der Waals surface area contributed by atoms with Gasteiger partial charge in [0.15, 0.2) is 0 Å². The Kier molecular flexibility index (Phi) is 5.79. The molecule has 1 atom stereocenters. The maximum atomic E-state index is 9.23. The van der Waals surface area contributed by atoms with Crippen LogP contribution in [0.5, 0.6) is 5.75 Å². The molecule has 0 bridgehead atoms. The zero-order valence-corrected chi connectivity index (χ0v) is 17.2. The third-order valence-corrected chi connectivity index (χ3v) is 5.47. The Balaban J connectivity index is 1.58. The van der Waals surface area contributed by atoms with Crippen LogP contribution in [-0.4, -0.2) is 7.11 Å². The Morgan fingerprint density at radius 3 is 2.57 bits per heavy atom. The minimum Gasteiger partial charge on any atom is -0.496 e. The lowest BCUT2D eigenvalue weighted by atomic mass is 9.98. The molecule has 0 saturated carbocycles. The molecule has 0 aliphatic heterocycles. The van der Waals surface area contributed by atoms with Crippen LogP contribution in [0.3, 0.4) is 0 Å². The van der Waals surface area contributed by atoms with Crippen molar-refractivity contribution in [1.29, 1.82) is 5.26 Å². The number of benzene rings is 4. The second-order valence-electron chi connectivity index (χ2n) is 7.40. The lowest BCUT2D eigenvalue weighted by molar-refractivity contribution is 0.416. The highest BCUT2D eigenvalue weighted by atomic mass is 16.5. The topological polar surface area (TPSA) is 45.0 Å². The van der Waals surface area contributed by atoms with E-state index in [2.05, 4.69) is 72.9 Å². The van der Waals surface area contributed by atoms with Gasteiger partial charge in [0, 0.05) is 18.2 Å². The molecule has 1 N–H and O–H groups in total. The third kappa shape index (κ3) is 4.05. The van der Waals surface area contributed by atoms with Crippen LogP contribution in [0.25, 0.3) is 21.9 Å². The summed E-state index contributed by atoms with van der Waals surface area (Å²) >= 11 is 0. The summed E-state index contributed by atoms with van der Waals surface area (Å²) in [6.45, 7) is 2.93. The van der Waals surface area contributed by atoms with E-state index in [-0.39, 0.29) is 6.04 Å². The van der Waals surface area contributed by atoms with Gasteiger partial charge in [0.25, 0.3) is 0 Å². The quantitative estimate of drug-likeness (QED) is 0.422. The Morgan fingerprint density at radius 1 is 0.933 bits per heavy atom. The van der Waals surface area contributed by atoms with Crippen molar-refractivity contribution < 1.29 is 4.74 Å². The van der Waals surface area contributed by atoms with Crippen LogP contribution in [0.1, 0.15) is 29.7 Å². The van der Waals surface area contributed by atoms with Crippen LogP contribution in [0.2, 0.25) is 0 Å². The van der Waals surface area contributed by atoms with Crippen molar-refractivity contribution in [2.75, 3.05) is 7.11 Å². The van der Waals surface area contributed by atoms with Gasteiger partial charge >= 0.3 is 0 Å². The molecule has 0 aliphatic carbocycles. The highest BCUT2D eigenvalue weighted by Gasteiger charge is 2.11. The fourth-order valence-corrected chi connectivity index (χ4v) is 3.86. The predicted octanol–water partition coefficient (Wildman–Crippen LogP) is 6.24. The van der Waals surface area contributed by atoms with Gasteiger partial charge in [-0.05, 0) is 58.7 Å². The molecule has 0 heterocycles. The van der Waals surface area contributed by atoms with E-state index in [1.807, 2.05) is 30.3 Å². The first-order chi connectivity index (χ1) is 14.7. The van der Waals surface area contributed by atoms with Gasteiger partial charge in [0.2, 0.25) is 0 Å². The molecule has 0 unspecified atom stereocenters. The number of methoxy groups -OCH3 is 1. The summed E-state index contributed by atoms with van der Waals surface area (Å²) in [5.74, 6) is 0.802. The van der Waals surface area contributed by atoms with Crippen LogP contribution >= 0.6 is 0 Å². The maximum Gasteiger partial charge on any atom is 0.126 e. The molecule has 0 fully saturated rings. The first-order valence-corrected chi connectivity index (χ1v) is 10.1. The van der Waals surface area contributed by atoms with Gasteiger partial charge in [-0.1, -0.05) is 60.7 Å². The number of fused-ring (bicyclic) bond motifs is 1. The van der Waals surface area contributed by atoms with Gasteiger partial charge in [-0.15, -0.1) is 0 Å². The Hall–Kier alpha value is -3.61. The fraction of sp³-hybridized carbons (Fsp3) is 0.148. The van der Waals surface area contributed by atoms with Crippen LogP contribution in [0.4, 0.5) is 0 Å². The lowest BCUT2D eigenvalue weighted by Gasteiger charge is -2.18. The number of nitrogens with zero attached hydrogens (tertiary/aromatic N) is 1. The normalized spacial score (nSPS) is 11.8. The number of hydrogen-bond donors (Lipinski definition) is 1. The smallest absolute Gasteiger partial charge is 0.126 e. The molecule has 30 heavy (non-hydrogen) atoms. The van der Waals surface area contributed by atoms with E-state index in [0.717, 1.165) is 23.4 Å². The lowest BCUT2D eigenvalue weighted by Crippen LogP contribution is -2.18. The van der Waals surface area contributed by atoms with E-state index < -0.39 is 0 Å². The molecule has 3 heteroatoms. The number of rotatable bonds is 6. The number of nitrogens with one attached hydrogen (secondary N) is 1. The second kappa shape index (κ2) is 8.82. The Labute approximate surface area is 177 Å². The average Bonchev–Trinajstić information content (AvgIpc) is 2.82. The molecular formula is C27H24N2O.